The van der Waals surface area contributed by atoms with E-state index in [1.165, 1.54) is 0 Å². The first-order valence-electron chi connectivity index (χ1n) is 6.53. The topological polar surface area (TPSA) is 56.9 Å². The van der Waals surface area contributed by atoms with Crippen LogP contribution in [0.4, 0.5) is 5.95 Å². The average molecular weight is 263 g/mol. The highest BCUT2D eigenvalue weighted by molar-refractivity contribution is 5.28. The fourth-order valence-electron chi connectivity index (χ4n) is 1.95. The van der Waals surface area contributed by atoms with E-state index in [2.05, 4.69) is 26.2 Å². The van der Waals surface area contributed by atoms with Gasteiger partial charge in [-0.25, -0.2) is 4.98 Å². The van der Waals surface area contributed by atoms with E-state index < -0.39 is 0 Å². The van der Waals surface area contributed by atoms with Gasteiger partial charge < -0.3 is 14.6 Å². The van der Waals surface area contributed by atoms with Crippen LogP contribution in [0, 0.1) is 6.92 Å². The maximum absolute atomic E-state index is 5.07. The van der Waals surface area contributed by atoms with Gasteiger partial charge in [-0.15, -0.1) is 0 Å². The molecule has 0 amide bonds. The van der Waals surface area contributed by atoms with Crippen LogP contribution in [0.25, 0.3) is 0 Å². The molecule has 0 fully saturated rings. The molecule has 0 saturated heterocycles. The molecular formula is C13H21N5O. The number of rotatable bonds is 8. The zero-order valence-electron chi connectivity index (χ0n) is 11.5. The van der Waals surface area contributed by atoms with Gasteiger partial charge in [-0.1, -0.05) is 0 Å². The summed E-state index contributed by atoms with van der Waals surface area (Å²) in [5.74, 6) is 0.917. The van der Waals surface area contributed by atoms with Crippen LogP contribution in [0.3, 0.4) is 0 Å². The number of aromatic nitrogens is 4. The Kier molecular flexibility index (Phi) is 4.97. The molecule has 2 heterocycles. The van der Waals surface area contributed by atoms with Crippen molar-refractivity contribution in [2.45, 2.75) is 26.4 Å². The zero-order valence-corrected chi connectivity index (χ0v) is 11.5. The summed E-state index contributed by atoms with van der Waals surface area (Å²) >= 11 is 0. The second-order valence-corrected chi connectivity index (χ2v) is 4.44. The second-order valence-electron chi connectivity index (χ2n) is 4.44. The van der Waals surface area contributed by atoms with Crippen molar-refractivity contribution in [2.24, 2.45) is 0 Å². The van der Waals surface area contributed by atoms with E-state index in [4.69, 9.17) is 4.74 Å². The molecule has 0 aliphatic heterocycles. The highest BCUT2D eigenvalue weighted by atomic mass is 16.5. The van der Waals surface area contributed by atoms with Crippen LogP contribution >= 0.6 is 0 Å². The van der Waals surface area contributed by atoms with E-state index in [1.807, 2.05) is 23.9 Å². The van der Waals surface area contributed by atoms with Gasteiger partial charge in [0.05, 0.1) is 12.2 Å². The van der Waals surface area contributed by atoms with Gasteiger partial charge in [0, 0.05) is 45.4 Å². The minimum absolute atomic E-state index is 0.768. The molecule has 2 rings (SSSR count). The van der Waals surface area contributed by atoms with Gasteiger partial charge in [0.2, 0.25) is 5.95 Å². The van der Waals surface area contributed by atoms with Gasteiger partial charge in [-0.3, -0.25) is 4.68 Å². The van der Waals surface area contributed by atoms with Crippen molar-refractivity contribution in [1.29, 1.82) is 0 Å². The Labute approximate surface area is 113 Å². The molecule has 0 bridgehead atoms. The van der Waals surface area contributed by atoms with Crippen LogP contribution in [-0.4, -0.2) is 39.6 Å². The van der Waals surface area contributed by atoms with Crippen LogP contribution in [0.5, 0.6) is 0 Å². The third-order valence-electron chi connectivity index (χ3n) is 2.83. The number of nitrogens with one attached hydrogen (secondary N) is 1. The molecule has 6 nitrogen and oxygen atoms in total. The predicted octanol–water partition coefficient (Wildman–Crippen LogP) is 1.54. The molecule has 0 radical (unpaired) electrons. The van der Waals surface area contributed by atoms with Crippen LogP contribution in [0.15, 0.2) is 24.7 Å². The standard InChI is InChI=1S/C13H21N5O/c1-12-11-17(7-4-10-19-2)13(16-12)14-6-9-18-8-3-5-15-18/h3,5,8,11H,4,6-7,9-10H2,1-2H3,(H,14,16). The molecule has 1 N–H and O–H groups in total. The SMILES string of the molecule is COCCCn1cc(C)nc1NCCn1cccn1. The fraction of sp³-hybridized carbons (Fsp3) is 0.538. The van der Waals surface area contributed by atoms with E-state index >= 15 is 0 Å². The normalized spacial score (nSPS) is 10.8. The molecule has 19 heavy (non-hydrogen) atoms. The number of nitrogens with zero attached hydrogens (tertiary/aromatic N) is 4. The van der Waals surface area contributed by atoms with E-state index in [1.54, 1.807) is 13.3 Å². The van der Waals surface area contributed by atoms with Crippen LogP contribution in [0.1, 0.15) is 12.1 Å². The largest absolute Gasteiger partial charge is 0.385 e. The number of hydrogen-bond acceptors (Lipinski definition) is 4. The first-order chi connectivity index (χ1) is 9.29. The summed E-state index contributed by atoms with van der Waals surface area (Å²) in [5.41, 5.74) is 1.03. The number of imidazole rings is 1. The molecular weight excluding hydrogens is 242 g/mol. The summed E-state index contributed by atoms with van der Waals surface area (Å²) < 4.78 is 9.11. The van der Waals surface area contributed by atoms with Crippen molar-refractivity contribution in [2.75, 3.05) is 25.6 Å². The van der Waals surface area contributed by atoms with Gasteiger partial charge in [0.15, 0.2) is 0 Å². The summed E-state index contributed by atoms with van der Waals surface area (Å²) in [5, 5.41) is 7.52. The Morgan fingerprint density at radius 3 is 3.00 bits per heavy atom. The van der Waals surface area contributed by atoms with Crippen molar-refractivity contribution in [3.05, 3.63) is 30.4 Å². The fourth-order valence-corrected chi connectivity index (χ4v) is 1.95. The second kappa shape index (κ2) is 6.94. The lowest BCUT2D eigenvalue weighted by Crippen LogP contribution is -2.14. The highest BCUT2D eigenvalue weighted by Crippen LogP contribution is 2.09. The lowest BCUT2D eigenvalue weighted by molar-refractivity contribution is 0.190. The molecule has 104 valence electrons. The van der Waals surface area contributed by atoms with E-state index in [0.29, 0.717) is 0 Å². The molecule has 0 atom stereocenters. The number of ether oxygens (including phenoxy) is 1. The molecule has 0 saturated carbocycles. The third kappa shape index (κ3) is 4.10. The van der Waals surface area contributed by atoms with Crippen molar-refractivity contribution >= 4 is 5.95 Å². The van der Waals surface area contributed by atoms with E-state index in [9.17, 15) is 0 Å². The van der Waals surface area contributed by atoms with E-state index in [0.717, 1.165) is 44.3 Å². The Morgan fingerprint density at radius 1 is 1.37 bits per heavy atom. The maximum atomic E-state index is 5.07. The molecule has 0 aliphatic carbocycles. The summed E-state index contributed by atoms with van der Waals surface area (Å²) in [4.78, 5) is 4.49. The molecule has 2 aromatic heterocycles. The summed E-state index contributed by atoms with van der Waals surface area (Å²) in [6, 6.07) is 1.93. The molecule has 2 aromatic rings. The van der Waals surface area contributed by atoms with Gasteiger partial charge in [-0.05, 0) is 19.4 Å². The van der Waals surface area contributed by atoms with Gasteiger partial charge in [-0.2, -0.15) is 5.10 Å². The Balaban J connectivity index is 1.84. The molecule has 0 aromatic carbocycles. The third-order valence-corrected chi connectivity index (χ3v) is 2.83. The van der Waals surface area contributed by atoms with Crippen LogP contribution in [0.2, 0.25) is 0 Å². The summed E-state index contributed by atoms with van der Waals surface area (Å²) in [6.45, 7) is 5.33. The Bertz CT molecular complexity index is 477. The maximum Gasteiger partial charge on any atom is 0.203 e. The van der Waals surface area contributed by atoms with Crippen molar-refractivity contribution in [1.82, 2.24) is 19.3 Å². The van der Waals surface area contributed by atoms with Crippen molar-refractivity contribution in [3.63, 3.8) is 0 Å². The van der Waals surface area contributed by atoms with Crippen LogP contribution in [-0.2, 0) is 17.8 Å². The lowest BCUT2D eigenvalue weighted by Gasteiger charge is -2.09. The number of anilines is 1. The quantitative estimate of drug-likeness (QED) is 0.734. The molecule has 0 spiro atoms. The van der Waals surface area contributed by atoms with Crippen molar-refractivity contribution < 1.29 is 4.74 Å². The monoisotopic (exact) mass is 263 g/mol. The number of aryl methyl sites for hydroxylation is 2. The minimum Gasteiger partial charge on any atom is -0.385 e. The lowest BCUT2D eigenvalue weighted by atomic mass is 10.4. The van der Waals surface area contributed by atoms with Crippen LogP contribution < -0.4 is 5.32 Å². The Hall–Kier alpha value is -1.82. The predicted molar refractivity (Wildman–Crippen MR) is 74.2 cm³/mol. The van der Waals surface area contributed by atoms with Gasteiger partial charge in [0.25, 0.3) is 0 Å². The summed E-state index contributed by atoms with van der Waals surface area (Å²) in [6.07, 6.45) is 6.79. The summed E-state index contributed by atoms with van der Waals surface area (Å²) in [7, 11) is 1.72. The van der Waals surface area contributed by atoms with E-state index in [-0.39, 0.29) is 0 Å². The first-order valence-corrected chi connectivity index (χ1v) is 6.53. The smallest absolute Gasteiger partial charge is 0.203 e. The highest BCUT2D eigenvalue weighted by Gasteiger charge is 2.04. The van der Waals surface area contributed by atoms with Crippen molar-refractivity contribution in [3.8, 4) is 0 Å². The van der Waals surface area contributed by atoms with Gasteiger partial charge >= 0.3 is 0 Å². The first kappa shape index (κ1) is 13.6. The number of methoxy groups -OCH3 is 1. The number of hydrogen-bond donors (Lipinski definition) is 1. The molecule has 6 heteroatoms. The average Bonchev–Trinajstić information content (AvgIpc) is 3.00. The zero-order chi connectivity index (χ0) is 13.5. The molecule has 0 unspecified atom stereocenters. The Morgan fingerprint density at radius 2 is 2.26 bits per heavy atom. The molecule has 0 aliphatic rings. The van der Waals surface area contributed by atoms with Gasteiger partial charge in [0.1, 0.15) is 0 Å². The minimum atomic E-state index is 0.768.